The molecule has 0 aliphatic heterocycles. The van der Waals surface area contributed by atoms with Crippen molar-refractivity contribution in [1.29, 1.82) is 0 Å². The first-order valence-electron chi connectivity index (χ1n) is 8.04. The number of benzene rings is 2. The highest BCUT2D eigenvalue weighted by atomic mass is 79.9. The summed E-state index contributed by atoms with van der Waals surface area (Å²) < 4.78 is 30.8. The number of nitrogens with zero attached hydrogens (tertiary/aromatic N) is 2. The summed E-state index contributed by atoms with van der Waals surface area (Å²) in [6, 6.07) is 9.60. The maximum atomic E-state index is 12.7. The maximum absolute atomic E-state index is 12.7. The van der Waals surface area contributed by atoms with Crippen LogP contribution in [0.5, 0.6) is 0 Å². The molecule has 0 fully saturated rings. The van der Waals surface area contributed by atoms with Crippen LogP contribution < -0.4 is 4.72 Å². The molecule has 2 aromatic carbocycles. The number of hydrogen-bond acceptors (Lipinski definition) is 3. The van der Waals surface area contributed by atoms with Gasteiger partial charge in [-0.05, 0) is 59.6 Å². The van der Waals surface area contributed by atoms with Crippen LogP contribution in [0.25, 0.3) is 0 Å². The van der Waals surface area contributed by atoms with E-state index in [-0.39, 0.29) is 20.0 Å². The van der Waals surface area contributed by atoms with Crippen LogP contribution in [0.1, 0.15) is 17.0 Å². The van der Waals surface area contributed by atoms with E-state index in [0.29, 0.717) is 12.2 Å². The molecule has 10 heteroatoms. The predicted octanol–water partition coefficient (Wildman–Crippen LogP) is 6.07. The topological polar surface area (TPSA) is 64.0 Å². The summed E-state index contributed by atoms with van der Waals surface area (Å²) in [5.74, 6) is 0. The van der Waals surface area contributed by atoms with Crippen LogP contribution >= 0.6 is 50.7 Å². The zero-order valence-corrected chi connectivity index (χ0v) is 19.5. The van der Waals surface area contributed by atoms with Crippen LogP contribution in [0.3, 0.4) is 0 Å². The lowest BCUT2D eigenvalue weighted by Gasteiger charge is -2.12. The van der Waals surface area contributed by atoms with Gasteiger partial charge >= 0.3 is 0 Å². The highest BCUT2D eigenvalue weighted by Gasteiger charge is 2.20. The summed E-state index contributed by atoms with van der Waals surface area (Å²) in [4.78, 5) is -0.142. The molecule has 0 spiro atoms. The number of sulfonamides is 1. The third-order valence-electron chi connectivity index (χ3n) is 4.07. The van der Waals surface area contributed by atoms with Gasteiger partial charge < -0.3 is 0 Å². The Kier molecular flexibility index (Phi) is 6.32. The largest absolute Gasteiger partial charge is 0.280 e. The third kappa shape index (κ3) is 4.49. The molecule has 1 N–H and O–H groups in total. The normalized spacial score (nSPS) is 11.6. The van der Waals surface area contributed by atoms with Crippen molar-refractivity contribution in [2.24, 2.45) is 0 Å². The smallest absolute Gasteiger partial charge is 0.263 e. The number of anilines is 1. The van der Waals surface area contributed by atoms with Crippen LogP contribution in [-0.4, -0.2) is 18.2 Å². The lowest BCUT2D eigenvalue weighted by molar-refractivity contribution is 0.601. The van der Waals surface area contributed by atoms with Crippen molar-refractivity contribution < 1.29 is 8.42 Å². The summed E-state index contributed by atoms with van der Waals surface area (Å²) >= 11 is 21.4. The second-order valence-electron chi connectivity index (χ2n) is 6.15. The molecule has 0 aliphatic carbocycles. The van der Waals surface area contributed by atoms with E-state index in [0.717, 1.165) is 21.4 Å². The lowest BCUT2D eigenvalue weighted by Crippen LogP contribution is -2.14. The average molecular weight is 524 g/mol. The molecular formula is C18H15BrCl3N3O2S. The molecule has 0 saturated carbocycles. The molecule has 3 rings (SSSR count). The van der Waals surface area contributed by atoms with Crippen molar-refractivity contribution in [1.82, 2.24) is 9.78 Å². The molecule has 0 bridgehead atoms. The minimum absolute atomic E-state index is 0.00875. The molecule has 0 amide bonds. The first-order valence-corrected chi connectivity index (χ1v) is 11.5. The number of hydrogen-bond donors (Lipinski definition) is 1. The Balaban J connectivity index is 1.88. The molecule has 0 unspecified atom stereocenters. The summed E-state index contributed by atoms with van der Waals surface area (Å²) in [7, 11) is -3.94. The first kappa shape index (κ1) is 21.5. The van der Waals surface area contributed by atoms with E-state index in [2.05, 4.69) is 25.8 Å². The lowest BCUT2D eigenvalue weighted by atomic mass is 10.2. The van der Waals surface area contributed by atoms with E-state index in [9.17, 15) is 8.42 Å². The Morgan fingerprint density at radius 3 is 2.39 bits per heavy atom. The van der Waals surface area contributed by atoms with Crippen LogP contribution in [0, 0.1) is 13.8 Å². The summed E-state index contributed by atoms with van der Waals surface area (Å²) in [5, 5.41) is 4.75. The highest BCUT2D eigenvalue weighted by molar-refractivity contribution is 9.10. The summed E-state index contributed by atoms with van der Waals surface area (Å²) in [6.45, 7) is 4.38. The van der Waals surface area contributed by atoms with Crippen molar-refractivity contribution >= 4 is 66.4 Å². The van der Waals surface area contributed by atoms with Gasteiger partial charge in [0, 0.05) is 5.69 Å². The number of halogens is 4. The average Bonchev–Trinajstić information content (AvgIpc) is 2.85. The molecule has 1 aromatic heterocycles. The molecular weight excluding hydrogens is 509 g/mol. The van der Waals surface area contributed by atoms with Gasteiger partial charge in [0.05, 0.1) is 37.5 Å². The predicted molar refractivity (Wildman–Crippen MR) is 117 cm³/mol. The van der Waals surface area contributed by atoms with Gasteiger partial charge in [-0.25, -0.2) is 8.42 Å². The van der Waals surface area contributed by atoms with Gasteiger partial charge in [-0.1, -0.05) is 46.9 Å². The fourth-order valence-electron chi connectivity index (χ4n) is 2.66. The fourth-order valence-corrected chi connectivity index (χ4v) is 4.99. The second-order valence-corrected chi connectivity index (χ2v) is 9.81. The van der Waals surface area contributed by atoms with Crippen LogP contribution in [0.4, 0.5) is 5.69 Å². The summed E-state index contributed by atoms with van der Waals surface area (Å²) in [5.41, 5.74) is 3.17. The SMILES string of the molecule is Cc1nn(Cc2cccc(NS(=O)(=O)c3cc(Cl)c(Cl)cc3Cl)c2)c(C)c1Br. The van der Waals surface area contributed by atoms with E-state index >= 15 is 0 Å². The third-order valence-corrected chi connectivity index (χ3v) is 7.78. The Hall–Kier alpha value is -1.25. The molecule has 0 aliphatic rings. The van der Waals surface area contributed by atoms with Gasteiger partial charge in [0.1, 0.15) is 4.90 Å². The molecule has 3 aromatic rings. The zero-order chi connectivity index (χ0) is 20.6. The zero-order valence-electron chi connectivity index (χ0n) is 14.8. The van der Waals surface area contributed by atoms with Crippen molar-refractivity contribution in [3.63, 3.8) is 0 Å². The van der Waals surface area contributed by atoms with Crippen molar-refractivity contribution in [3.05, 3.63) is 72.9 Å². The second kappa shape index (κ2) is 8.24. The van der Waals surface area contributed by atoms with Crippen LogP contribution in [0.2, 0.25) is 15.1 Å². The summed E-state index contributed by atoms with van der Waals surface area (Å²) in [6.07, 6.45) is 0. The molecule has 5 nitrogen and oxygen atoms in total. The van der Waals surface area contributed by atoms with Gasteiger partial charge in [0.15, 0.2) is 0 Å². The van der Waals surface area contributed by atoms with Gasteiger partial charge in [0.25, 0.3) is 10.0 Å². The molecule has 148 valence electrons. The Labute approximate surface area is 186 Å². The molecule has 0 radical (unpaired) electrons. The van der Waals surface area contributed by atoms with Crippen LogP contribution in [0.15, 0.2) is 45.8 Å². The van der Waals surface area contributed by atoms with Gasteiger partial charge in [-0.2, -0.15) is 5.10 Å². The first-order chi connectivity index (χ1) is 13.1. The van der Waals surface area contributed by atoms with Crippen LogP contribution in [-0.2, 0) is 16.6 Å². The van der Waals surface area contributed by atoms with E-state index in [1.165, 1.54) is 12.1 Å². The number of aryl methyl sites for hydroxylation is 1. The van der Waals surface area contributed by atoms with Gasteiger partial charge in [-0.3, -0.25) is 9.40 Å². The monoisotopic (exact) mass is 521 g/mol. The Bertz CT molecular complexity index is 1160. The van der Waals surface area contributed by atoms with Crippen molar-refractivity contribution in [3.8, 4) is 0 Å². The maximum Gasteiger partial charge on any atom is 0.263 e. The van der Waals surface area contributed by atoms with E-state index in [1.807, 2.05) is 24.6 Å². The number of nitrogens with one attached hydrogen (secondary N) is 1. The number of aromatic nitrogens is 2. The molecule has 0 atom stereocenters. The highest BCUT2D eigenvalue weighted by Crippen LogP contribution is 2.32. The Morgan fingerprint density at radius 2 is 1.75 bits per heavy atom. The molecule has 1 heterocycles. The van der Waals surface area contributed by atoms with Gasteiger partial charge in [-0.15, -0.1) is 0 Å². The van der Waals surface area contributed by atoms with E-state index < -0.39 is 10.0 Å². The minimum Gasteiger partial charge on any atom is -0.280 e. The van der Waals surface area contributed by atoms with E-state index in [4.69, 9.17) is 34.8 Å². The number of rotatable bonds is 5. The minimum atomic E-state index is -3.94. The van der Waals surface area contributed by atoms with Gasteiger partial charge in [0.2, 0.25) is 0 Å². The molecule has 0 saturated heterocycles. The molecule has 28 heavy (non-hydrogen) atoms. The van der Waals surface area contributed by atoms with Crippen molar-refractivity contribution in [2.45, 2.75) is 25.3 Å². The Morgan fingerprint density at radius 1 is 1.07 bits per heavy atom. The quantitative estimate of drug-likeness (QED) is 0.413. The van der Waals surface area contributed by atoms with E-state index in [1.54, 1.807) is 18.2 Å². The fraction of sp³-hybridized carbons (Fsp3) is 0.167. The van der Waals surface area contributed by atoms with Crippen molar-refractivity contribution in [2.75, 3.05) is 4.72 Å². The standard InChI is InChI=1S/C18H15BrCl3N3O2S/c1-10-18(19)11(2)25(23-10)9-12-4-3-5-13(6-12)24-28(26,27)17-8-15(21)14(20)7-16(17)22/h3-8,24H,9H2,1-2H3.